The van der Waals surface area contributed by atoms with E-state index in [2.05, 4.69) is 0 Å². The van der Waals surface area contributed by atoms with Crippen molar-refractivity contribution < 1.29 is 14.6 Å². The third-order valence-electron chi connectivity index (χ3n) is 3.17. The molecule has 0 saturated heterocycles. The molecule has 15 heavy (non-hydrogen) atoms. The van der Waals surface area contributed by atoms with Gasteiger partial charge in [-0.15, -0.1) is 0 Å². The molecular formula is C12H15FO2. The van der Waals surface area contributed by atoms with Gasteiger partial charge in [0, 0.05) is 0 Å². The average Bonchev–Trinajstić information content (AvgIpc) is 2.27. The highest BCUT2D eigenvalue weighted by molar-refractivity contribution is 5.30. The van der Waals surface area contributed by atoms with E-state index in [1.807, 2.05) is 0 Å². The van der Waals surface area contributed by atoms with E-state index >= 15 is 0 Å². The molecule has 1 aromatic rings. The smallest absolute Gasteiger partial charge is 0.123 e. The van der Waals surface area contributed by atoms with Gasteiger partial charge in [0.05, 0.1) is 12.7 Å². The van der Waals surface area contributed by atoms with Crippen molar-refractivity contribution in [3.63, 3.8) is 0 Å². The summed E-state index contributed by atoms with van der Waals surface area (Å²) in [6, 6.07) is 4.80. The van der Waals surface area contributed by atoms with Crippen LogP contribution in [-0.2, 0) is 12.8 Å². The lowest BCUT2D eigenvalue weighted by Crippen LogP contribution is -2.29. The molecule has 0 aliphatic heterocycles. The van der Waals surface area contributed by atoms with Crippen molar-refractivity contribution in [3.8, 4) is 0 Å². The van der Waals surface area contributed by atoms with Crippen LogP contribution in [0.15, 0.2) is 18.2 Å². The summed E-state index contributed by atoms with van der Waals surface area (Å²) in [4.78, 5) is 0. The Labute approximate surface area is 88.4 Å². The third-order valence-corrected chi connectivity index (χ3v) is 3.17. The molecule has 1 aliphatic carbocycles. The normalized spacial score (nSPS) is 22.2. The van der Waals surface area contributed by atoms with E-state index in [4.69, 9.17) is 5.11 Å². The van der Waals surface area contributed by atoms with Crippen molar-refractivity contribution in [3.05, 3.63) is 35.1 Å². The number of aliphatic hydroxyl groups is 2. The number of rotatable bonds is 2. The molecule has 1 aromatic carbocycles. The molecule has 2 unspecified atom stereocenters. The van der Waals surface area contributed by atoms with Gasteiger partial charge in [0.2, 0.25) is 0 Å². The minimum Gasteiger partial charge on any atom is -0.394 e. The molecule has 0 bridgehead atoms. The first kappa shape index (κ1) is 10.6. The van der Waals surface area contributed by atoms with Crippen molar-refractivity contribution in [2.45, 2.75) is 25.4 Å². The van der Waals surface area contributed by atoms with Crippen LogP contribution in [0.5, 0.6) is 0 Å². The molecule has 0 saturated carbocycles. The van der Waals surface area contributed by atoms with Gasteiger partial charge in [0.25, 0.3) is 0 Å². The Balaban J connectivity index is 2.16. The van der Waals surface area contributed by atoms with Gasteiger partial charge >= 0.3 is 0 Å². The summed E-state index contributed by atoms with van der Waals surface area (Å²) in [6.45, 7) is -0.193. The average molecular weight is 210 g/mol. The van der Waals surface area contributed by atoms with Gasteiger partial charge in [-0.3, -0.25) is 0 Å². The van der Waals surface area contributed by atoms with Gasteiger partial charge in [-0.25, -0.2) is 4.39 Å². The quantitative estimate of drug-likeness (QED) is 0.772. The molecular weight excluding hydrogens is 195 g/mol. The second-order valence-corrected chi connectivity index (χ2v) is 4.17. The first-order valence-corrected chi connectivity index (χ1v) is 5.27. The van der Waals surface area contributed by atoms with E-state index < -0.39 is 6.10 Å². The van der Waals surface area contributed by atoms with E-state index in [1.165, 1.54) is 6.07 Å². The van der Waals surface area contributed by atoms with Crippen LogP contribution in [0.25, 0.3) is 0 Å². The number of aliphatic hydroxyl groups excluding tert-OH is 2. The van der Waals surface area contributed by atoms with Crippen LogP contribution < -0.4 is 0 Å². The fraction of sp³-hybridized carbons (Fsp3) is 0.500. The van der Waals surface area contributed by atoms with Gasteiger partial charge in [-0.05, 0) is 48.4 Å². The highest BCUT2D eigenvalue weighted by Crippen LogP contribution is 2.28. The third kappa shape index (κ3) is 2.19. The maximum absolute atomic E-state index is 12.9. The molecule has 0 aromatic heterocycles. The maximum Gasteiger partial charge on any atom is 0.123 e. The Morgan fingerprint density at radius 3 is 2.93 bits per heavy atom. The summed E-state index contributed by atoms with van der Waals surface area (Å²) < 4.78 is 12.9. The first-order chi connectivity index (χ1) is 7.20. The molecule has 0 fully saturated rings. The summed E-state index contributed by atoms with van der Waals surface area (Å²) in [5, 5.41) is 18.4. The highest BCUT2D eigenvalue weighted by atomic mass is 19.1. The van der Waals surface area contributed by atoms with Crippen LogP contribution in [0.4, 0.5) is 4.39 Å². The largest absolute Gasteiger partial charge is 0.394 e. The fourth-order valence-corrected chi connectivity index (χ4v) is 2.23. The standard InChI is InChI=1S/C12H15FO2/c13-11-4-3-8-5-10(12(15)7-14)2-1-9(8)6-11/h3-4,6,10,12,14-15H,1-2,5,7H2. The summed E-state index contributed by atoms with van der Waals surface area (Å²) in [7, 11) is 0. The van der Waals surface area contributed by atoms with Crippen LogP contribution >= 0.6 is 0 Å². The second kappa shape index (κ2) is 4.29. The van der Waals surface area contributed by atoms with Gasteiger partial charge in [0.1, 0.15) is 5.82 Å². The van der Waals surface area contributed by atoms with Crippen LogP contribution in [0.2, 0.25) is 0 Å². The zero-order valence-electron chi connectivity index (χ0n) is 8.49. The number of hydrogen-bond acceptors (Lipinski definition) is 2. The van der Waals surface area contributed by atoms with E-state index in [0.717, 1.165) is 30.4 Å². The SMILES string of the molecule is OCC(O)C1CCc2cc(F)ccc2C1. The summed E-state index contributed by atoms with van der Waals surface area (Å²) in [5.41, 5.74) is 2.14. The molecule has 1 aliphatic rings. The number of aryl methyl sites for hydroxylation is 1. The minimum absolute atomic E-state index is 0.105. The number of fused-ring (bicyclic) bond motifs is 1. The Bertz CT molecular complexity index is 351. The Morgan fingerprint density at radius 1 is 1.40 bits per heavy atom. The lowest BCUT2D eigenvalue weighted by Gasteiger charge is -2.27. The topological polar surface area (TPSA) is 40.5 Å². The summed E-state index contributed by atoms with van der Waals surface area (Å²) in [6.07, 6.45) is 1.69. The summed E-state index contributed by atoms with van der Waals surface area (Å²) in [5.74, 6) is -0.0946. The molecule has 2 N–H and O–H groups in total. The molecule has 2 atom stereocenters. The van der Waals surface area contributed by atoms with E-state index in [9.17, 15) is 9.50 Å². The van der Waals surface area contributed by atoms with Crippen LogP contribution in [-0.4, -0.2) is 22.9 Å². The first-order valence-electron chi connectivity index (χ1n) is 5.27. The second-order valence-electron chi connectivity index (χ2n) is 4.17. The molecule has 0 spiro atoms. The van der Waals surface area contributed by atoms with Gasteiger partial charge in [0.15, 0.2) is 0 Å². The predicted molar refractivity (Wildman–Crippen MR) is 55.0 cm³/mol. The summed E-state index contributed by atoms with van der Waals surface area (Å²) >= 11 is 0. The number of benzene rings is 1. The Hall–Kier alpha value is -0.930. The monoisotopic (exact) mass is 210 g/mol. The Morgan fingerprint density at radius 2 is 2.20 bits per heavy atom. The zero-order valence-corrected chi connectivity index (χ0v) is 8.49. The van der Waals surface area contributed by atoms with Gasteiger partial charge < -0.3 is 10.2 Å². The zero-order chi connectivity index (χ0) is 10.8. The van der Waals surface area contributed by atoms with Crippen molar-refractivity contribution in [1.29, 1.82) is 0 Å². The molecule has 2 rings (SSSR count). The molecule has 0 radical (unpaired) electrons. The van der Waals surface area contributed by atoms with Crippen molar-refractivity contribution in [1.82, 2.24) is 0 Å². The van der Waals surface area contributed by atoms with Crippen LogP contribution in [0.1, 0.15) is 17.5 Å². The highest BCUT2D eigenvalue weighted by Gasteiger charge is 2.24. The van der Waals surface area contributed by atoms with Crippen LogP contribution in [0, 0.1) is 11.7 Å². The van der Waals surface area contributed by atoms with E-state index in [0.29, 0.717) is 0 Å². The van der Waals surface area contributed by atoms with Crippen LogP contribution in [0.3, 0.4) is 0 Å². The predicted octanol–water partition coefficient (Wildman–Crippen LogP) is 1.28. The fourth-order valence-electron chi connectivity index (χ4n) is 2.23. The van der Waals surface area contributed by atoms with Crippen molar-refractivity contribution in [2.24, 2.45) is 5.92 Å². The lowest BCUT2D eigenvalue weighted by molar-refractivity contribution is 0.0417. The molecule has 82 valence electrons. The van der Waals surface area contributed by atoms with Crippen molar-refractivity contribution >= 4 is 0 Å². The molecule has 3 heteroatoms. The molecule has 0 heterocycles. The van der Waals surface area contributed by atoms with Crippen molar-refractivity contribution in [2.75, 3.05) is 6.61 Å². The Kier molecular flexibility index (Phi) is 3.03. The maximum atomic E-state index is 12.9. The van der Waals surface area contributed by atoms with E-state index in [-0.39, 0.29) is 18.3 Å². The van der Waals surface area contributed by atoms with Gasteiger partial charge in [-0.2, -0.15) is 0 Å². The van der Waals surface area contributed by atoms with E-state index in [1.54, 1.807) is 12.1 Å². The van der Waals surface area contributed by atoms with Gasteiger partial charge in [-0.1, -0.05) is 6.07 Å². The number of hydrogen-bond donors (Lipinski definition) is 2. The molecule has 2 nitrogen and oxygen atoms in total. The minimum atomic E-state index is -0.650. The lowest BCUT2D eigenvalue weighted by atomic mass is 9.81. The molecule has 0 amide bonds. The number of halogens is 1.